The first kappa shape index (κ1) is 15.2. The molecule has 0 spiro atoms. The number of nitrogens with zero attached hydrogens (tertiary/aromatic N) is 1. The number of nitrogens with one attached hydrogen (secondary N) is 1. The predicted molar refractivity (Wildman–Crippen MR) is 80.9 cm³/mol. The van der Waals surface area contributed by atoms with Gasteiger partial charge in [-0.05, 0) is 31.5 Å². The fourth-order valence-corrected chi connectivity index (χ4v) is 2.71. The molecule has 0 saturated carbocycles. The van der Waals surface area contributed by atoms with Crippen LogP contribution in [0.15, 0.2) is 18.2 Å². The van der Waals surface area contributed by atoms with Crippen LogP contribution in [0.4, 0.5) is 5.13 Å². The van der Waals surface area contributed by atoms with Gasteiger partial charge in [0.15, 0.2) is 5.13 Å². The lowest BCUT2D eigenvalue weighted by Crippen LogP contribution is -2.11. The smallest absolute Gasteiger partial charge is 0.303 e. The van der Waals surface area contributed by atoms with Gasteiger partial charge in [0.05, 0.1) is 16.8 Å². The van der Waals surface area contributed by atoms with Crippen molar-refractivity contribution in [3.63, 3.8) is 0 Å². The fraction of sp³-hybridized carbons (Fsp3) is 0.357. The molecule has 0 saturated heterocycles. The van der Waals surface area contributed by atoms with Crippen LogP contribution in [0, 0.1) is 0 Å². The Labute approximate surface area is 125 Å². The maximum absolute atomic E-state index is 11.7. The second-order valence-corrected chi connectivity index (χ2v) is 5.41. The van der Waals surface area contributed by atoms with Gasteiger partial charge in [0.1, 0.15) is 5.75 Å². The van der Waals surface area contributed by atoms with Gasteiger partial charge in [-0.15, -0.1) is 0 Å². The number of carboxylic acids is 1. The van der Waals surface area contributed by atoms with Crippen LogP contribution in [0.1, 0.15) is 26.2 Å². The van der Waals surface area contributed by atoms with Gasteiger partial charge in [-0.3, -0.25) is 9.59 Å². The van der Waals surface area contributed by atoms with E-state index in [0.29, 0.717) is 18.2 Å². The maximum atomic E-state index is 11.7. The van der Waals surface area contributed by atoms with E-state index in [1.165, 1.54) is 11.3 Å². The number of thiazole rings is 1. The SMILES string of the molecule is CCOc1ccc2nc(NC(=O)CCCC(=O)O)sc2c1. The van der Waals surface area contributed by atoms with Crippen LogP contribution < -0.4 is 10.1 Å². The van der Waals surface area contributed by atoms with Crippen molar-refractivity contribution in [1.82, 2.24) is 4.98 Å². The van der Waals surface area contributed by atoms with Crippen LogP contribution in [0.5, 0.6) is 5.75 Å². The Kier molecular flexibility index (Phi) is 5.10. The first-order valence-electron chi connectivity index (χ1n) is 6.63. The average Bonchev–Trinajstić information content (AvgIpc) is 2.80. The molecule has 1 heterocycles. The van der Waals surface area contributed by atoms with Crippen molar-refractivity contribution in [2.45, 2.75) is 26.2 Å². The van der Waals surface area contributed by atoms with Crippen molar-refractivity contribution in [2.24, 2.45) is 0 Å². The minimum Gasteiger partial charge on any atom is -0.494 e. The van der Waals surface area contributed by atoms with E-state index >= 15 is 0 Å². The van der Waals surface area contributed by atoms with Crippen LogP contribution in [0.25, 0.3) is 10.2 Å². The van der Waals surface area contributed by atoms with E-state index in [9.17, 15) is 9.59 Å². The summed E-state index contributed by atoms with van der Waals surface area (Å²) in [4.78, 5) is 26.4. The predicted octanol–water partition coefficient (Wildman–Crippen LogP) is 2.89. The minimum absolute atomic E-state index is 0.00895. The number of rotatable bonds is 7. The van der Waals surface area contributed by atoms with Crippen LogP contribution in [0.3, 0.4) is 0 Å². The molecule has 1 aromatic carbocycles. The quantitative estimate of drug-likeness (QED) is 0.821. The molecule has 6 nitrogen and oxygen atoms in total. The monoisotopic (exact) mass is 308 g/mol. The number of aliphatic carboxylic acids is 1. The summed E-state index contributed by atoms with van der Waals surface area (Å²) in [5, 5.41) is 11.7. The van der Waals surface area contributed by atoms with E-state index in [1.807, 2.05) is 25.1 Å². The molecule has 0 aliphatic carbocycles. The van der Waals surface area contributed by atoms with Gasteiger partial charge in [0.25, 0.3) is 0 Å². The van der Waals surface area contributed by atoms with Crippen molar-refractivity contribution in [3.8, 4) is 5.75 Å². The van der Waals surface area contributed by atoms with Gasteiger partial charge >= 0.3 is 5.97 Å². The standard InChI is InChI=1S/C14H16N2O4S/c1-2-20-9-6-7-10-11(8-9)21-14(15-10)16-12(17)4-3-5-13(18)19/h6-8H,2-5H2,1H3,(H,18,19)(H,15,16,17). The Morgan fingerprint density at radius 2 is 2.19 bits per heavy atom. The molecule has 112 valence electrons. The van der Waals surface area contributed by atoms with Crippen LogP contribution in [-0.4, -0.2) is 28.6 Å². The number of benzene rings is 1. The van der Waals surface area contributed by atoms with E-state index < -0.39 is 5.97 Å². The molecule has 21 heavy (non-hydrogen) atoms. The second-order valence-electron chi connectivity index (χ2n) is 4.38. The number of amides is 1. The largest absolute Gasteiger partial charge is 0.494 e. The third-order valence-corrected chi connectivity index (χ3v) is 3.65. The summed E-state index contributed by atoms with van der Waals surface area (Å²) in [6.07, 6.45) is 0.484. The number of fused-ring (bicyclic) bond motifs is 1. The molecular weight excluding hydrogens is 292 g/mol. The minimum atomic E-state index is -0.897. The molecule has 2 aromatic rings. The summed E-state index contributed by atoms with van der Waals surface area (Å²) in [6, 6.07) is 5.57. The summed E-state index contributed by atoms with van der Waals surface area (Å²) >= 11 is 1.37. The lowest BCUT2D eigenvalue weighted by molar-refractivity contribution is -0.137. The average molecular weight is 308 g/mol. The molecule has 0 radical (unpaired) electrons. The van der Waals surface area contributed by atoms with Gasteiger partial charge in [-0.25, -0.2) is 4.98 Å². The topological polar surface area (TPSA) is 88.5 Å². The highest BCUT2D eigenvalue weighted by Gasteiger charge is 2.09. The normalized spacial score (nSPS) is 10.5. The number of anilines is 1. The van der Waals surface area contributed by atoms with Crippen molar-refractivity contribution >= 4 is 38.6 Å². The molecular formula is C14H16N2O4S. The van der Waals surface area contributed by atoms with Gasteiger partial charge in [0.2, 0.25) is 5.91 Å². The highest BCUT2D eigenvalue weighted by atomic mass is 32.1. The number of aromatic nitrogens is 1. The molecule has 1 aromatic heterocycles. The van der Waals surface area contributed by atoms with E-state index in [1.54, 1.807) is 0 Å². The Hall–Kier alpha value is -2.15. The summed E-state index contributed by atoms with van der Waals surface area (Å²) in [6.45, 7) is 2.51. The van der Waals surface area contributed by atoms with Crippen molar-refractivity contribution in [3.05, 3.63) is 18.2 Å². The molecule has 0 bridgehead atoms. The molecule has 7 heteroatoms. The number of carbonyl (C=O) groups excluding carboxylic acids is 1. The van der Waals surface area contributed by atoms with Crippen molar-refractivity contribution < 1.29 is 19.4 Å². The molecule has 0 unspecified atom stereocenters. The molecule has 2 N–H and O–H groups in total. The fourth-order valence-electron chi connectivity index (χ4n) is 1.80. The number of carbonyl (C=O) groups is 2. The molecule has 1 amide bonds. The van der Waals surface area contributed by atoms with Crippen LogP contribution in [0.2, 0.25) is 0 Å². The Bertz CT molecular complexity index is 653. The molecule has 0 atom stereocenters. The van der Waals surface area contributed by atoms with Gasteiger partial charge < -0.3 is 15.2 Å². The van der Waals surface area contributed by atoms with Gasteiger partial charge in [0, 0.05) is 12.8 Å². The number of hydrogen-bond donors (Lipinski definition) is 2. The molecule has 0 aliphatic rings. The van der Waals surface area contributed by atoms with Crippen molar-refractivity contribution in [1.29, 1.82) is 0 Å². The van der Waals surface area contributed by atoms with Crippen LogP contribution >= 0.6 is 11.3 Å². The summed E-state index contributed by atoms with van der Waals surface area (Å²) < 4.78 is 6.35. The molecule has 2 rings (SSSR count). The molecule has 0 aliphatic heterocycles. The van der Waals surface area contributed by atoms with E-state index in [-0.39, 0.29) is 18.7 Å². The zero-order valence-electron chi connectivity index (χ0n) is 11.6. The first-order valence-corrected chi connectivity index (χ1v) is 7.45. The van der Waals surface area contributed by atoms with Gasteiger partial charge in [-0.1, -0.05) is 11.3 Å². The van der Waals surface area contributed by atoms with E-state index in [2.05, 4.69) is 10.3 Å². The van der Waals surface area contributed by atoms with Gasteiger partial charge in [-0.2, -0.15) is 0 Å². The second kappa shape index (κ2) is 7.03. The summed E-state index contributed by atoms with van der Waals surface area (Å²) in [5.41, 5.74) is 0.796. The third-order valence-electron chi connectivity index (χ3n) is 2.71. The third kappa shape index (κ3) is 4.42. The Balaban J connectivity index is 1.98. The maximum Gasteiger partial charge on any atom is 0.303 e. The summed E-state index contributed by atoms with van der Waals surface area (Å²) in [5.74, 6) is -0.348. The first-order chi connectivity index (χ1) is 10.1. The molecule has 0 fully saturated rings. The Morgan fingerprint density at radius 3 is 2.90 bits per heavy atom. The zero-order chi connectivity index (χ0) is 15.2. The van der Waals surface area contributed by atoms with Crippen LogP contribution in [-0.2, 0) is 9.59 Å². The Morgan fingerprint density at radius 1 is 1.38 bits per heavy atom. The number of ether oxygens (including phenoxy) is 1. The highest BCUT2D eigenvalue weighted by Crippen LogP contribution is 2.29. The lowest BCUT2D eigenvalue weighted by Gasteiger charge is -2.00. The highest BCUT2D eigenvalue weighted by molar-refractivity contribution is 7.22. The number of carboxylic acid groups (broad SMARTS) is 1. The summed E-state index contributed by atoms with van der Waals surface area (Å²) in [7, 11) is 0. The zero-order valence-corrected chi connectivity index (χ0v) is 12.4. The van der Waals surface area contributed by atoms with E-state index in [4.69, 9.17) is 9.84 Å². The van der Waals surface area contributed by atoms with Crippen molar-refractivity contribution in [2.75, 3.05) is 11.9 Å². The number of hydrogen-bond acceptors (Lipinski definition) is 5. The van der Waals surface area contributed by atoms with E-state index in [0.717, 1.165) is 16.0 Å². The lowest BCUT2D eigenvalue weighted by atomic mass is 10.2.